The predicted octanol–water partition coefficient (Wildman–Crippen LogP) is 3.74. The first kappa shape index (κ1) is 11.5. The van der Waals surface area contributed by atoms with Crippen LogP contribution in [0.4, 0.5) is 0 Å². The van der Waals surface area contributed by atoms with E-state index >= 15 is 0 Å². The molecule has 0 amide bonds. The fourth-order valence-corrected chi connectivity index (χ4v) is 2.20. The van der Waals surface area contributed by atoms with Crippen LogP contribution < -0.4 is 0 Å². The van der Waals surface area contributed by atoms with Crippen LogP contribution >= 0.6 is 23.2 Å². The van der Waals surface area contributed by atoms with Crippen molar-refractivity contribution >= 4 is 23.2 Å². The van der Waals surface area contributed by atoms with Crippen LogP contribution in [0.1, 0.15) is 5.56 Å². The molecule has 2 aliphatic heterocycles. The molecule has 0 fully saturated rings. The van der Waals surface area contributed by atoms with Gasteiger partial charge in [-0.05, 0) is 23.8 Å². The van der Waals surface area contributed by atoms with Gasteiger partial charge < -0.3 is 4.57 Å². The Labute approximate surface area is 114 Å². The minimum absolute atomic E-state index is 0.500. The first-order chi connectivity index (χ1) is 8.72. The lowest BCUT2D eigenvalue weighted by molar-refractivity contribution is 0.795. The third-order valence-corrected chi connectivity index (χ3v) is 3.13. The molecule has 0 bridgehead atoms. The highest BCUT2D eigenvalue weighted by molar-refractivity contribution is 6.30. The Morgan fingerprint density at radius 2 is 2.00 bits per heavy atom. The van der Waals surface area contributed by atoms with E-state index in [1.54, 1.807) is 12.3 Å². The van der Waals surface area contributed by atoms with Gasteiger partial charge in [0.1, 0.15) is 10.3 Å². The van der Waals surface area contributed by atoms with Crippen LogP contribution in [0.3, 0.4) is 0 Å². The Morgan fingerprint density at radius 3 is 2.78 bits per heavy atom. The van der Waals surface area contributed by atoms with Crippen molar-refractivity contribution in [2.45, 2.75) is 6.54 Å². The number of hydrogen-bond donors (Lipinski definition) is 0. The van der Waals surface area contributed by atoms with Crippen molar-refractivity contribution in [1.29, 1.82) is 0 Å². The van der Waals surface area contributed by atoms with E-state index in [1.165, 1.54) is 0 Å². The van der Waals surface area contributed by atoms with Gasteiger partial charge >= 0.3 is 0 Å². The molecule has 0 aromatic carbocycles. The molecule has 0 N–H and O–H groups in total. The minimum atomic E-state index is 0.500. The first-order valence-corrected chi connectivity index (χ1v) is 6.20. The van der Waals surface area contributed by atoms with Gasteiger partial charge in [-0.25, -0.2) is 9.97 Å². The highest BCUT2D eigenvalue weighted by Gasteiger charge is 2.10. The zero-order valence-electron chi connectivity index (χ0n) is 9.35. The molecule has 5 heteroatoms. The molecule has 3 nitrogen and oxygen atoms in total. The Balaban J connectivity index is 1.98. The molecule has 0 spiro atoms. The molecule has 3 rings (SSSR count). The molecule has 0 saturated carbocycles. The molecule has 0 aliphatic carbocycles. The largest absolute Gasteiger partial charge is 0.342 e. The molecule has 0 unspecified atom stereocenters. The Hall–Kier alpha value is -1.58. The number of nitrogens with zero attached hydrogens (tertiary/aromatic N) is 3. The van der Waals surface area contributed by atoms with Gasteiger partial charge in [0.15, 0.2) is 0 Å². The second-order valence-corrected chi connectivity index (χ2v) is 4.75. The molecular formula is C13H9Cl2N3. The number of hydrogen-bond acceptors (Lipinski definition) is 2. The van der Waals surface area contributed by atoms with Crippen molar-refractivity contribution in [3.63, 3.8) is 0 Å². The second-order valence-electron chi connectivity index (χ2n) is 3.97. The summed E-state index contributed by atoms with van der Waals surface area (Å²) in [6.45, 7) is 0.712. The van der Waals surface area contributed by atoms with Gasteiger partial charge in [0.25, 0.3) is 0 Å². The summed E-state index contributed by atoms with van der Waals surface area (Å²) in [5.74, 6) is 0. The lowest BCUT2D eigenvalue weighted by Crippen LogP contribution is -2.03. The van der Waals surface area contributed by atoms with Crippen LogP contribution in [0.25, 0.3) is 11.4 Å². The van der Waals surface area contributed by atoms with Crippen LogP contribution in [0.2, 0.25) is 10.3 Å². The van der Waals surface area contributed by atoms with Crippen LogP contribution in [-0.4, -0.2) is 14.5 Å². The second kappa shape index (κ2) is 4.59. The van der Waals surface area contributed by atoms with Gasteiger partial charge in [-0.15, -0.1) is 0 Å². The summed E-state index contributed by atoms with van der Waals surface area (Å²) in [5.41, 5.74) is 2.98. The zero-order chi connectivity index (χ0) is 12.5. The van der Waals surface area contributed by atoms with Crippen molar-refractivity contribution in [2.75, 3.05) is 0 Å². The van der Waals surface area contributed by atoms with E-state index in [0.29, 0.717) is 16.9 Å². The quantitative estimate of drug-likeness (QED) is 0.668. The number of aromatic nitrogens is 3. The van der Waals surface area contributed by atoms with E-state index in [0.717, 1.165) is 17.0 Å². The molecule has 0 saturated heterocycles. The summed E-state index contributed by atoms with van der Waals surface area (Å²) in [7, 11) is 0. The monoisotopic (exact) mass is 277 g/mol. The van der Waals surface area contributed by atoms with E-state index in [4.69, 9.17) is 23.2 Å². The van der Waals surface area contributed by atoms with E-state index in [2.05, 4.69) is 14.5 Å². The van der Waals surface area contributed by atoms with Crippen molar-refractivity contribution in [1.82, 2.24) is 14.5 Å². The van der Waals surface area contributed by atoms with Crippen LogP contribution in [-0.2, 0) is 6.54 Å². The maximum Gasteiger partial charge on any atom is 0.131 e. The van der Waals surface area contributed by atoms with E-state index in [9.17, 15) is 0 Å². The molecule has 18 heavy (non-hydrogen) atoms. The highest BCUT2D eigenvalue weighted by Crippen LogP contribution is 2.25. The Bertz CT molecular complexity index is 646. The summed E-state index contributed by atoms with van der Waals surface area (Å²) in [5, 5.41) is 1.01. The van der Waals surface area contributed by atoms with Crippen molar-refractivity contribution in [3.8, 4) is 11.4 Å². The maximum absolute atomic E-state index is 5.92. The SMILES string of the molecule is Clc1ccc(Cn2cccc3nc(Cl)cc2-3)cn1. The number of halogens is 2. The van der Waals surface area contributed by atoms with Crippen LogP contribution in [0, 0.1) is 0 Å². The summed E-state index contributed by atoms with van der Waals surface area (Å²) in [6, 6.07) is 9.50. The maximum atomic E-state index is 5.92. The minimum Gasteiger partial charge on any atom is -0.342 e. The Morgan fingerprint density at radius 1 is 1.11 bits per heavy atom. The molecule has 2 aliphatic rings. The van der Waals surface area contributed by atoms with Crippen LogP contribution in [0.15, 0.2) is 42.7 Å². The lowest BCUT2D eigenvalue weighted by atomic mass is 10.2. The number of rotatable bonds is 2. The van der Waals surface area contributed by atoms with Crippen LogP contribution in [0.5, 0.6) is 0 Å². The molecule has 0 atom stereocenters. The van der Waals surface area contributed by atoms with Crippen molar-refractivity contribution < 1.29 is 0 Å². The van der Waals surface area contributed by atoms with Gasteiger partial charge in [-0.2, -0.15) is 0 Å². The fourth-order valence-electron chi connectivity index (χ4n) is 1.90. The summed E-state index contributed by atoms with van der Waals surface area (Å²) >= 11 is 11.7. The smallest absolute Gasteiger partial charge is 0.131 e. The molecule has 3 heterocycles. The molecule has 0 radical (unpaired) electrons. The molecule has 1 aromatic rings. The average molecular weight is 278 g/mol. The third kappa shape index (κ3) is 2.19. The molecular weight excluding hydrogens is 269 g/mol. The van der Waals surface area contributed by atoms with Gasteiger partial charge in [0.05, 0.1) is 11.4 Å². The van der Waals surface area contributed by atoms with E-state index in [-0.39, 0.29) is 0 Å². The highest BCUT2D eigenvalue weighted by atomic mass is 35.5. The van der Waals surface area contributed by atoms with E-state index < -0.39 is 0 Å². The normalized spacial score (nSPS) is 11.0. The van der Waals surface area contributed by atoms with Gasteiger partial charge in [-0.3, -0.25) is 0 Å². The van der Waals surface area contributed by atoms with E-state index in [1.807, 2.05) is 30.5 Å². The van der Waals surface area contributed by atoms with Crippen molar-refractivity contribution in [3.05, 3.63) is 58.6 Å². The summed E-state index contributed by atoms with van der Waals surface area (Å²) < 4.78 is 2.08. The fraction of sp³-hybridized carbons (Fsp3) is 0.0769. The average Bonchev–Trinajstić information content (AvgIpc) is 2.73. The molecule has 90 valence electrons. The topological polar surface area (TPSA) is 30.7 Å². The zero-order valence-corrected chi connectivity index (χ0v) is 10.9. The lowest BCUT2D eigenvalue weighted by Gasteiger charge is -2.11. The van der Waals surface area contributed by atoms with Crippen molar-refractivity contribution in [2.24, 2.45) is 0 Å². The Kier molecular flexibility index (Phi) is 2.94. The standard InChI is InChI=1S/C13H9Cl2N3/c14-12-4-3-9(7-16-12)8-18-5-1-2-10-11(18)6-13(15)17-10/h1-7H,8H2. The first-order valence-electron chi connectivity index (χ1n) is 5.44. The number of fused-ring (bicyclic) bond motifs is 1. The molecule has 1 aromatic heterocycles. The third-order valence-electron chi connectivity index (χ3n) is 2.72. The summed E-state index contributed by atoms with van der Waals surface area (Å²) in [4.78, 5) is 8.31. The van der Waals surface area contributed by atoms with Gasteiger partial charge in [-0.1, -0.05) is 29.3 Å². The van der Waals surface area contributed by atoms with Gasteiger partial charge in [0.2, 0.25) is 0 Å². The predicted molar refractivity (Wildman–Crippen MR) is 72.2 cm³/mol. The summed E-state index contributed by atoms with van der Waals surface area (Å²) in [6.07, 6.45) is 3.76. The number of pyridine rings is 2. The van der Waals surface area contributed by atoms with Gasteiger partial charge in [0, 0.05) is 25.0 Å².